The molecular formula is C18H27N. The second-order valence-corrected chi connectivity index (χ2v) is 7.61. The smallest absolute Gasteiger partial charge is 0.0628 e. The third-order valence-electron chi connectivity index (χ3n) is 3.65. The van der Waals surface area contributed by atoms with Gasteiger partial charge in [-0.05, 0) is 33.4 Å². The minimum atomic E-state index is 0.141. The molecule has 0 fully saturated rings. The Hall–Kier alpha value is -1.29. The van der Waals surface area contributed by atoms with Gasteiger partial charge < -0.3 is 0 Å². The first-order chi connectivity index (χ1) is 8.55. The zero-order valence-electron chi connectivity index (χ0n) is 13.5. The summed E-state index contributed by atoms with van der Waals surface area (Å²) in [7, 11) is 0. The summed E-state index contributed by atoms with van der Waals surface area (Å²) in [5.74, 6) is 0.299. The number of hydrogen-bond donors (Lipinski definition) is 0. The minimum absolute atomic E-state index is 0.141. The molecule has 0 radical (unpaired) electrons. The SMILES string of the molecule is CC(CC#N)c1cc(C(C)(C)C)cc(C(C)(C)C)c1. The molecule has 1 aromatic carbocycles. The Morgan fingerprint density at radius 2 is 1.37 bits per heavy atom. The first-order valence-electron chi connectivity index (χ1n) is 7.08. The van der Waals surface area contributed by atoms with Gasteiger partial charge in [-0.15, -0.1) is 0 Å². The van der Waals surface area contributed by atoms with Crippen molar-refractivity contribution < 1.29 is 0 Å². The van der Waals surface area contributed by atoms with Crippen LogP contribution < -0.4 is 0 Å². The lowest BCUT2D eigenvalue weighted by molar-refractivity contribution is 0.565. The first-order valence-corrected chi connectivity index (χ1v) is 7.08. The van der Waals surface area contributed by atoms with E-state index in [9.17, 15) is 0 Å². The lowest BCUT2D eigenvalue weighted by Gasteiger charge is -2.27. The van der Waals surface area contributed by atoms with Crippen molar-refractivity contribution >= 4 is 0 Å². The fourth-order valence-electron chi connectivity index (χ4n) is 2.06. The zero-order valence-corrected chi connectivity index (χ0v) is 13.5. The molecule has 1 aromatic rings. The van der Waals surface area contributed by atoms with E-state index in [-0.39, 0.29) is 10.8 Å². The number of nitriles is 1. The van der Waals surface area contributed by atoms with E-state index in [0.29, 0.717) is 12.3 Å². The highest BCUT2D eigenvalue weighted by molar-refractivity contribution is 5.38. The molecule has 0 spiro atoms. The topological polar surface area (TPSA) is 23.8 Å². The average molecular weight is 257 g/mol. The zero-order chi connectivity index (χ0) is 14.8. The summed E-state index contributed by atoms with van der Waals surface area (Å²) in [6.07, 6.45) is 0.581. The van der Waals surface area contributed by atoms with Crippen LogP contribution in [-0.4, -0.2) is 0 Å². The molecule has 0 amide bonds. The van der Waals surface area contributed by atoms with Gasteiger partial charge >= 0.3 is 0 Å². The van der Waals surface area contributed by atoms with Crippen LogP contribution in [0.4, 0.5) is 0 Å². The molecule has 104 valence electrons. The van der Waals surface area contributed by atoms with E-state index in [1.807, 2.05) is 0 Å². The molecule has 0 saturated carbocycles. The largest absolute Gasteiger partial charge is 0.198 e. The third kappa shape index (κ3) is 4.10. The van der Waals surface area contributed by atoms with Crippen molar-refractivity contribution in [3.8, 4) is 6.07 Å². The van der Waals surface area contributed by atoms with Crippen molar-refractivity contribution in [2.45, 2.75) is 71.6 Å². The van der Waals surface area contributed by atoms with Gasteiger partial charge in [0.2, 0.25) is 0 Å². The van der Waals surface area contributed by atoms with Crippen molar-refractivity contribution in [2.75, 3.05) is 0 Å². The number of rotatable bonds is 2. The molecule has 1 atom stereocenters. The van der Waals surface area contributed by atoms with Crippen LogP contribution in [0.1, 0.15) is 77.5 Å². The third-order valence-corrected chi connectivity index (χ3v) is 3.65. The monoisotopic (exact) mass is 257 g/mol. The maximum Gasteiger partial charge on any atom is 0.0628 e. The molecule has 1 unspecified atom stereocenters. The van der Waals surface area contributed by atoms with Gasteiger partial charge in [0.1, 0.15) is 0 Å². The second kappa shape index (κ2) is 5.37. The lowest BCUT2D eigenvalue weighted by Crippen LogP contribution is -2.17. The van der Waals surface area contributed by atoms with Crippen LogP contribution in [0.15, 0.2) is 18.2 Å². The molecular weight excluding hydrogens is 230 g/mol. The first kappa shape index (κ1) is 15.8. The van der Waals surface area contributed by atoms with Crippen molar-refractivity contribution in [3.63, 3.8) is 0 Å². The van der Waals surface area contributed by atoms with Crippen molar-refractivity contribution in [3.05, 3.63) is 34.9 Å². The Labute approximate surface area is 118 Å². The standard InChI is InChI=1S/C18H27N/c1-13(8-9-19)14-10-15(17(2,3)4)12-16(11-14)18(5,6)7/h10-13H,8H2,1-7H3. The quantitative estimate of drug-likeness (QED) is 0.705. The summed E-state index contributed by atoms with van der Waals surface area (Å²) in [6, 6.07) is 9.15. The Bertz CT molecular complexity index is 446. The maximum atomic E-state index is 8.91. The average Bonchev–Trinajstić information content (AvgIpc) is 2.26. The molecule has 19 heavy (non-hydrogen) atoms. The molecule has 0 heterocycles. The molecule has 0 aliphatic carbocycles. The Balaban J connectivity index is 3.38. The maximum absolute atomic E-state index is 8.91. The second-order valence-electron chi connectivity index (χ2n) is 7.61. The van der Waals surface area contributed by atoms with Crippen LogP contribution in [0.2, 0.25) is 0 Å². The summed E-state index contributed by atoms with van der Waals surface area (Å²) in [5.41, 5.74) is 4.29. The van der Waals surface area contributed by atoms with Crippen molar-refractivity contribution in [2.24, 2.45) is 0 Å². The van der Waals surface area contributed by atoms with E-state index in [0.717, 1.165) is 0 Å². The van der Waals surface area contributed by atoms with Crippen LogP contribution in [0.3, 0.4) is 0 Å². The fourth-order valence-corrected chi connectivity index (χ4v) is 2.06. The Morgan fingerprint density at radius 3 is 1.68 bits per heavy atom. The van der Waals surface area contributed by atoms with Crippen LogP contribution in [0, 0.1) is 11.3 Å². The molecule has 1 rings (SSSR count). The predicted octanol–water partition coefficient (Wildman–Crippen LogP) is 5.30. The molecule has 0 aliphatic rings. The molecule has 0 aromatic heterocycles. The van der Waals surface area contributed by atoms with Gasteiger partial charge in [0, 0.05) is 6.42 Å². The van der Waals surface area contributed by atoms with E-state index in [4.69, 9.17) is 5.26 Å². The summed E-state index contributed by atoms with van der Waals surface area (Å²) >= 11 is 0. The normalized spacial score (nSPS) is 14.0. The molecule has 1 heteroatoms. The highest BCUT2D eigenvalue weighted by atomic mass is 14.3. The van der Waals surface area contributed by atoms with Crippen LogP contribution in [0.5, 0.6) is 0 Å². The highest BCUT2D eigenvalue weighted by Crippen LogP contribution is 2.33. The Kier molecular flexibility index (Phi) is 4.46. The van der Waals surface area contributed by atoms with Gasteiger partial charge in [0.05, 0.1) is 6.07 Å². The summed E-state index contributed by atoms with van der Waals surface area (Å²) in [5, 5.41) is 8.91. The number of nitrogens with zero attached hydrogens (tertiary/aromatic N) is 1. The Morgan fingerprint density at radius 1 is 0.947 bits per heavy atom. The van der Waals surface area contributed by atoms with Crippen LogP contribution >= 0.6 is 0 Å². The summed E-state index contributed by atoms with van der Waals surface area (Å²) in [4.78, 5) is 0. The van der Waals surface area contributed by atoms with E-state index < -0.39 is 0 Å². The van der Waals surface area contributed by atoms with Gasteiger partial charge in [-0.2, -0.15) is 5.26 Å². The predicted molar refractivity (Wildman–Crippen MR) is 82.5 cm³/mol. The van der Waals surface area contributed by atoms with Crippen molar-refractivity contribution in [1.29, 1.82) is 5.26 Å². The van der Waals surface area contributed by atoms with Gasteiger partial charge in [-0.1, -0.05) is 66.7 Å². The van der Waals surface area contributed by atoms with Gasteiger partial charge in [0.25, 0.3) is 0 Å². The molecule has 0 bridgehead atoms. The highest BCUT2D eigenvalue weighted by Gasteiger charge is 2.21. The molecule has 0 saturated heterocycles. The summed E-state index contributed by atoms with van der Waals surface area (Å²) < 4.78 is 0. The van der Waals surface area contributed by atoms with Gasteiger partial charge in [-0.3, -0.25) is 0 Å². The van der Waals surface area contributed by atoms with Gasteiger partial charge in [-0.25, -0.2) is 0 Å². The van der Waals surface area contributed by atoms with Gasteiger partial charge in [0.15, 0.2) is 0 Å². The number of benzene rings is 1. The van der Waals surface area contributed by atoms with Crippen LogP contribution in [0.25, 0.3) is 0 Å². The number of hydrogen-bond acceptors (Lipinski definition) is 1. The molecule has 0 N–H and O–H groups in total. The van der Waals surface area contributed by atoms with Crippen LogP contribution in [-0.2, 0) is 10.8 Å². The van der Waals surface area contributed by atoms with E-state index >= 15 is 0 Å². The van der Waals surface area contributed by atoms with E-state index in [1.54, 1.807) is 0 Å². The molecule has 1 nitrogen and oxygen atoms in total. The summed E-state index contributed by atoms with van der Waals surface area (Å²) in [6.45, 7) is 15.6. The van der Waals surface area contributed by atoms with Crippen molar-refractivity contribution in [1.82, 2.24) is 0 Å². The lowest BCUT2D eigenvalue weighted by atomic mass is 9.78. The van der Waals surface area contributed by atoms with E-state index in [1.165, 1.54) is 16.7 Å². The fraction of sp³-hybridized carbons (Fsp3) is 0.611. The minimum Gasteiger partial charge on any atom is -0.198 e. The van der Waals surface area contributed by atoms with E-state index in [2.05, 4.69) is 72.7 Å². The molecule has 0 aliphatic heterocycles.